The third-order valence-corrected chi connectivity index (χ3v) is 2.47. The molecule has 0 spiro atoms. The zero-order valence-electron chi connectivity index (χ0n) is 10.1. The fourth-order valence-corrected chi connectivity index (χ4v) is 1.63. The highest BCUT2D eigenvalue weighted by atomic mass is 16.7. The first-order valence-electron chi connectivity index (χ1n) is 5.54. The zero-order valence-corrected chi connectivity index (χ0v) is 10.1. The Labute approximate surface area is 92.1 Å². The smallest absolute Gasteiger partial charge is 0.163 e. The molecule has 15 heavy (non-hydrogen) atoms. The fourth-order valence-electron chi connectivity index (χ4n) is 1.63. The molecule has 0 saturated carbocycles. The molecule has 3 nitrogen and oxygen atoms in total. The minimum atomic E-state index is -0.540. The Morgan fingerprint density at radius 2 is 2.20 bits per heavy atom. The normalized spacial score (nSPS) is 26.3. The van der Waals surface area contributed by atoms with Crippen molar-refractivity contribution in [3.8, 4) is 0 Å². The summed E-state index contributed by atoms with van der Waals surface area (Å²) in [6.45, 7) is 8.35. The number of aliphatic hydroxyl groups is 1. The first-order valence-corrected chi connectivity index (χ1v) is 5.54. The van der Waals surface area contributed by atoms with Gasteiger partial charge in [0, 0.05) is 0 Å². The van der Waals surface area contributed by atoms with Crippen LogP contribution in [0.15, 0.2) is 11.6 Å². The Hall–Kier alpha value is -0.380. The summed E-state index contributed by atoms with van der Waals surface area (Å²) < 4.78 is 11.0. The van der Waals surface area contributed by atoms with Crippen molar-refractivity contribution in [3.63, 3.8) is 0 Å². The predicted molar refractivity (Wildman–Crippen MR) is 59.6 cm³/mol. The van der Waals surface area contributed by atoms with Crippen molar-refractivity contribution in [3.05, 3.63) is 11.6 Å². The van der Waals surface area contributed by atoms with Crippen LogP contribution in [0.4, 0.5) is 0 Å². The quantitative estimate of drug-likeness (QED) is 0.729. The SMILES string of the molecule is CC(C)=CCCC(O)[C@H]1COC(C)(C)O1. The molecule has 0 aliphatic carbocycles. The van der Waals surface area contributed by atoms with Crippen molar-refractivity contribution in [2.45, 2.75) is 58.5 Å². The number of aliphatic hydroxyl groups excluding tert-OH is 1. The van der Waals surface area contributed by atoms with Crippen LogP contribution >= 0.6 is 0 Å². The van der Waals surface area contributed by atoms with E-state index >= 15 is 0 Å². The van der Waals surface area contributed by atoms with Gasteiger partial charge in [-0.3, -0.25) is 0 Å². The molecule has 0 radical (unpaired) electrons. The Bertz CT molecular complexity index is 229. The van der Waals surface area contributed by atoms with Crippen LogP contribution in [0.2, 0.25) is 0 Å². The van der Waals surface area contributed by atoms with Gasteiger partial charge in [0.15, 0.2) is 5.79 Å². The van der Waals surface area contributed by atoms with Gasteiger partial charge in [0.05, 0.1) is 12.7 Å². The Morgan fingerprint density at radius 1 is 1.53 bits per heavy atom. The van der Waals surface area contributed by atoms with Crippen molar-refractivity contribution in [1.82, 2.24) is 0 Å². The Kier molecular flexibility index (Phi) is 4.32. The topological polar surface area (TPSA) is 38.7 Å². The van der Waals surface area contributed by atoms with Crippen LogP contribution in [0.3, 0.4) is 0 Å². The highest BCUT2D eigenvalue weighted by molar-refractivity contribution is 4.93. The van der Waals surface area contributed by atoms with E-state index in [1.54, 1.807) is 0 Å². The van der Waals surface area contributed by atoms with E-state index in [0.717, 1.165) is 12.8 Å². The zero-order chi connectivity index (χ0) is 11.5. The molecule has 3 heteroatoms. The van der Waals surface area contributed by atoms with Crippen LogP contribution in [0.5, 0.6) is 0 Å². The molecule has 0 aromatic carbocycles. The van der Waals surface area contributed by atoms with Crippen molar-refractivity contribution in [2.24, 2.45) is 0 Å². The number of hydrogen-bond acceptors (Lipinski definition) is 3. The summed E-state index contributed by atoms with van der Waals surface area (Å²) in [7, 11) is 0. The second-order valence-electron chi connectivity index (χ2n) is 4.79. The lowest BCUT2D eigenvalue weighted by Gasteiger charge is -2.20. The lowest BCUT2D eigenvalue weighted by Crippen LogP contribution is -2.30. The van der Waals surface area contributed by atoms with E-state index in [9.17, 15) is 5.11 Å². The van der Waals surface area contributed by atoms with Gasteiger partial charge in [0.25, 0.3) is 0 Å². The molecule has 1 N–H and O–H groups in total. The highest BCUT2D eigenvalue weighted by Gasteiger charge is 2.36. The largest absolute Gasteiger partial charge is 0.390 e. The maximum absolute atomic E-state index is 9.86. The fraction of sp³-hybridized carbons (Fsp3) is 0.833. The van der Waals surface area contributed by atoms with Gasteiger partial charge in [0.1, 0.15) is 6.10 Å². The van der Waals surface area contributed by atoms with Gasteiger partial charge in [-0.15, -0.1) is 0 Å². The van der Waals surface area contributed by atoms with E-state index < -0.39 is 11.9 Å². The van der Waals surface area contributed by atoms with Crippen LogP contribution < -0.4 is 0 Å². The standard InChI is InChI=1S/C12H22O3/c1-9(2)6-5-7-10(13)11-8-14-12(3,4)15-11/h6,10-11,13H,5,7-8H2,1-4H3/t10?,11-/m1/s1. The molecule has 1 aliphatic heterocycles. The molecule has 0 amide bonds. The molecule has 0 aromatic rings. The third kappa shape index (κ3) is 4.33. The molecular weight excluding hydrogens is 192 g/mol. The monoisotopic (exact) mass is 214 g/mol. The van der Waals surface area contributed by atoms with Crippen molar-refractivity contribution < 1.29 is 14.6 Å². The molecule has 1 aliphatic rings. The number of ether oxygens (including phenoxy) is 2. The summed E-state index contributed by atoms with van der Waals surface area (Å²) in [5.41, 5.74) is 1.28. The molecule has 1 saturated heterocycles. The molecule has 1 fully saturated rings. The number of allylic oxidation sites excluding steroid dienone is 2. The minimum absolute atomic E-state index is 0.175. The summed E-state index contributed by atoms with van der Waals surface area (Å²) in [6.07, 6.45) is 3.15. The van der Waals surface area contributed by atoms with Gasteiger partial charge in [0.2, 0.25) is 0 Å². The van der Waals surface area contributed by atoms with Crippen LogP contribution in [0.1, 0.15) is 40.5 Å². The third-order valence-electron chi connectivity index (χ3n) is 2.47. The molecular formula is C12H22O3. The molecule has 0 bridgehead atoms. The first-order chi connectivity index (χ1) is 6.91. The van der Waals surface area contributed by atoms with Crippen LogP contribution in [-0.4, -0.2) is 29.7 Å². The number of rotatable bonds is 4. The van der Waals surface area contributed by atoms with Crippen LogP contribution in [0, 0.1) is 0 Å². The second-order valence-corrected chi connectivity index (χ2v) is 4.79. The molecule has 0 aromatic heterocycles. The van der Waals surface area contributed by atoms with E-state index in [2.05, 4.69) is 19.9 Å². The lowest BCUT2D eigenvalue weighted by atomic mass is 10.1. The molecule has 2 atom stereocenters. The first kappa shape index (κ1) is 12.7. The Morgan fingerprint density at radius 3 is 2.67 bits per heavy atom. The van der Waals surface area contributed by atoms with Crippen molar-refractivity contribution in [1.29, 1.82) is 0 Å². The van der Waals surface area contributed by atoms with Gasteiger partial charge < -0.3 is 14.6 Å². The average molecular weight is 214 g/mol. The maximum Gasteiger partial charge on any atom is 0.163 e. The van der Waals surface area contributed by atoms with E-state index in [-0.39, 0.29) is 6.10 Å². The summed E-state index contributed by atoms with van der Waals surface area (Å²) in [5.74, 6) is -0.540. The van der Waals surface area contributed by atoms with Crippen LogP contribution in [-0.2, 0) is 9.47 Å². The van der Waals surface area contributed by atoms with E-state index in [1.807, 2.05) is 13.8 Å². The van der Waals surface area contributed by atoms with Gasteiger partial charge in [-0.05, 0) is 40.5 Å². The summed E-state index contributed by atoms with van der Waals surface area (Å²) >= 11 is 0. The molecule has 88 valence electrons. The predicted octanol–water partition coefficient (Wildman–Crippen LogP) is 2.25. The lowest BCUT2D eigenvalue weighted by molar-refractivity contribution is -0.151. The minimum Gasteiger partial charge on any atom is -0.390 e. The van der Waals surface area contributed by atoms with Crippen molar-refractivity contribution >= 4 is 0 Å². The average Bonchev–Trinajstić information content (AvgIpc) is 2.45. The summed E-state index contributed by atoms with van der Waals surface area (Å²) in [6, 6.07) is 0. The second kappa shape index (κ2) is 5.10. The molecule has 1 unspecified atom stereocenters. The van der Waals surface area contributed by atoms with Gasteiger partial charge in [-0.1, -0.05) is 11.6 Å². The van der Waals surface area contributed by atoms with E-state index in [0.29, 0.717) is 6.61 Å². The van der Waals surface area contributed by atoms with Gasteiger partial charge >= 0.3 is 0 Å². The van der Waals surface area contributed by atoms with Crippen molar-refractivity contribution in [2.75, 3.05) is 6.61 Å². The van der Waals surface area contributed by atoms with Gasteiger partial charge in [-0.25, -0.2) is 0 Å². The highest BCUT2D eigenvalue weighted by Crippen LogP contribution is 2.25. The summed E-state index contributed by atoms with van der Waals surface area (Å²) in [4.78, 5) is 0. The molecule has 1 rings (SSSR count). The van der Waals surface area contributed by atoms with E-state index in [1.165, 1.54) is 5.57 Å². The number of hydrogen-bond donors (Lipinski definition) is 1. The Balaban J connectivity index is 2.29. The maximum atomic E-state index is 9.86. The summed E-state index contributed by atoms with van der Waals surface area (Å²) in [5, 5.41) is 9.86. The molecule has 1 heterocycles. The van der Waals surface area contributed by atoms with Crippen LogP contribution in [0.25, 0.3) is 0 Å². The van der Waals surface area contributed by atoms with E-state index in [4.69, 9.17) is 9.47 Å². The van der Waals surface area contributed by atoms with Gasteiger partial charge in [-0.2, -0.15) is 0 Å².